The van der Waals surface area contributed by atoms with Crippen LogP contribution in [-0.4, -0.2) is 14.2 Å². The minimum atomic E-state index is -3.64. The Morgan fingerprint density at radius 1 is 1.21 bits per heavy atom. The van der Waals surface area contributed by atoms with E-state index < -0.39 is 9.84 Å². The molecule has 0 spiro atoms. The zero-order chi connectivity index (χ0) is 14.3. The average Bonchev–Trinajstić information content (AvgIpc) is 2.39. The molecule has 1 aromatic carbocycles. The van der Waals surface area contributed by atoms with Gasteiger partial charge in [0.05, 0.1) is 16.0 Å². The van der Waals surface area contributed by atoms with Crippen LogP contribution in [0, 0.1) is 0 Å². The second kappa shape index (κ2) is 7.09. The van der Waals surface area contributed by atoms with Crippen molar-refractivity contribution >= 4 is 15.6 Å². The Hall–Kier alpha value is -1.62. The van der Waals surface area contributed by atoms with Crippen molar-refractivity contribution in [3.63, 3.8) is 0 Å². The SMILES string of the molecule is CCCCCC(=O)/C(N)=C/S(=O)(=O)c1ccccc1. The molecule has 0 radical (unpaired) electrons. The van der Waals surface area contributed by atoms with E-state index in [0.29, 0.717) is 6.42 Å². The molecule has 1 aromatic rings. The first-order valence-electron chi connectivity index (χ1n) is 6.28. The standard InChI is InChI=1S/C14H19NO3S/c1-2-3-5-10-14(16)13(15)11-19(17,18)12-8-6-4-7-9-12/h4,6-9,11H,2-3,5,10,15H2,1H3/b13-11-. The van der Waals surface area contributed by atoms with E-state index in [0.717, 1.165) is 24.7 Å². The van der Waals surface area contributed by atoms with Crippen molar-refractivity contribution in [3.05, 3.63) is 41.4 Å². The Balaban J connectivity index is 2.81. The normalized spacial score (nSPS) is 12.4. The van der Waals surface area contributed by atoms with Gasteiger partial charge < -0.3 is 5.73 Å². The van der Waals surface area contributed by atoms with Crippen molar-refractivity contribution in [3.8, 4) is 0 Å². The first kappa shape index (κ1) is 15.4. The Morgan fingerprint density at radius 3 is 2.42 bits per heavy atom. The van der Waals surface area contributed by atoms with E-state index >= 15 is 0 Å². The number of hydrogen-bond donors (Lipinski definition) is 1. The first-order valence-corrected chi connectivity index (χ1v) is 7.82. The highest BCUT2D eigenvalue weighted by molar-refractivity contribution is 7.94. The lowest BCUT2D eigenvalue weighted by molar-refractivity contribution is -0.115. The van der Waals surface area contributed by atoms with Crippen molar-refractivity contribution < 1.29 is 13.2 Å². The molecule has 0 fully saturated rings. The zero-order valence-corrected chi connectivity index (χ0v) is 11.8. The van der Waals surface area contributed by atoms with E-state index in [2.05, 4.69) is 0 Å². The number of carbonyl (C=O) groups is 1. The second-order valence-corrected chi connectivity index (χ2v) is 6.11. The van der Waals surface area contributed by atoms with Crippen LogP contribution in [0.3, 0.4) is 0 Å². The number of rotatable bonds is 7. The summed E-state index contributed by atoms with van der Waals surface area (Å²) in [4.78, 5) is 11.8. The molecule has 1 rings (SSSR count). The molecule has 5 heteroatoms. The molecule has 0 amide bonds. The topological polar surface area (TPSA) is 77.2 Å². The van der Waals surface area contributed by atoms with Crippen LogP contribution in [0.5, 0.6) is 0 Å². The lowest BCUT2D eigenvalue weighted by Gasteiger charge is -2.02. The highest BCUT2D eigenvalue weighted by Crippen LogP contribution is 2.13. The number of carbonyl (C=O) groups excluding carboxylic acids is 1. The number of hydrogen-bond acceptors (Lipinski definition) is 4. The number of allylic oxidation sites excluding steroid dienone is 1. The van der Waals surface area contributed by atoms with Gasteiger partial charge in [0.15, 0.2) is 5.78 Å². The lowest BCUT2D eigenvalue weighted by Crippen LogP contribution is -2.13. The lowest BCUT2D eigenvalue weighted by atomic mass is 10.1. The number of sulfone groups is 1. The van der Waals surface area contributed by atoms with Gasteiger partial charge in [-0.05, 0) is 18.6 Å². The smallest absolute Gasteiger partial charge is 0.201 e. The van der Waals surface area contributed by atoms with Gasteiger partial charge in [-0.15, -0.1) is 0 Å². The van der Waals surface area contributed by atoms with Crippen LogP contribution in [0.15, 0.2) is 46.3 Å². The highest BCUT2D eigenvalue weighted by atomic mass is 32.2. The molecule has 0 heterocycles. The van der Waals surface area contributed by atoms with Gasteiger partial charge in [0.2, 0.25) is 9.84 Å². The van der Waals surface area contributed by atoms with Crippen LogP contribution in [0.2, 0.25) is 0 Å². The molecule has 0 saturated heterocycles. The van der Waals surface area contributed by atoms with Crippen molar-refractivity contribution in [2.24, 2.45) is 5.73 Å². The molecule has 2 N–H and O–H groups in total. The maximum atomic E-state index is 12.0. The molecule has 0 bridgehead atoms. The molecule has 0 saturated carbocycles. The molecule has 4 nitrogen and oxygen atoms in total. The number of ketones is 1. The molecule has 0 aromatic heterocycles. The summed E-state index contributed by atoms with van der Waals surface area (Å²) in [6.07, 6.45) is 2.96. The quantitative estimate of drug-likeness (QED) is 0.615. The fourth-order valence-corrected chi connectivity index (χ4v) is 2.73. The number of Topliss-reactive ketones (excluding diaryl/α,β-unsaturated/α-hetero) is 1. The molecule has 104 valence electrons. The second-order valence-electron chi connectivity index (χ2n) is 4.31. The maximum absolute atomic E-state index is 12.0. The van der Waals surface area contributed by atoms with E-state index in [-0.39, 0.29) is 16.4 Å². The Bertz CT molecular complexity index is 547. The summed E-state index contributed by atoms with van der Waals surface area (Å²) in [5.41, 5.74) is 5.36. The number of benzene rings is 1. The molecule has 0 atom stereocenters. The fourth-order valence-electron chi connectivity index (χ4n) is 1.59. The summed E-state index contributed by atoms with van der Waals surface area (Å²) < 4.78 is 23.9. The summed E-state index contributed by atoms with van der Waals surface area (Å²) in [6, 6.07) is 7.92. The molecule has 0 aliphatic carbocycles. The molecule has 0 aliphatic rings. The number of unbranched alkanes of at least 4 members (excludes halogenated alkanes) is 2. The van der Waals surface area contributed by atoms with Crippen LogP contribution in [0.1, 0.15) is 32.6 Å². The predicted molar refractivity (Wildman–Crippen MR) is 75.0 cm³/mol. The summed E-state index contributed by atoms with van der Waals surface area (Å²) >= 11 is 0. The van der Waals surface area contributed by atoms with E-state index in [4.69, 9.17) is 5.73 Å². The van der Waals surface area contributed by atoms with Crippen molar-refractivity contribution in [1.29, 1.82) is 0 Å². The summed E-state index contributed by atoms with van der Waals surface area (Å²) in [5, 5.41) is 0.858. The van der Waals surface area contributed by atoms with Gasteiger partial charge in [0.1, 0.15) is 0 Å². The van der Waals surface area contributed by atoms with Gasteiger partial charge in [0, 0.05) is 6.42 Å². The van der Waals surface area contributed by atoms with E-state index in [1.54, 1.807) is 18.2 Å². The highest BCUT2D eigenvalue weighted by Gasteiger charge is 2.14. The van der Waals surface area contributed by atoms with Crippen molar-refractivity contribution in [2.75, 3.05) is 0 Å². The monoisotopic (exact) mass is 281 g/mol. The van der Waals surface area contributed by atoms with Gasteiger partial charge in [0.25, 0.3) is 0 Å². The van der Waals surface area contributed by atoms with Crippen LogP contribution in [-0.2, 0) is 14.6 Å². The largest absolute Gasteiger partial charge is 0.395 e. The first-order chi connectivity index (χ1) is 8.97. The fraction of sp³-hybridized carbons (Fsp3) is 0.357. The van der Waals surface area contributed by atoms with E-state index in [1.807, 2.05) is 6.92 Å². The molecular weight excluding hydrogens is 262 g/mol. The minimum Gasteiger partial charge on any atom is -0.395 e. The zero-order valence-electron chi connectivity index (χ0n) is 11.0. The van der Waals surface area contributed by atoms with Crippen LogP contribution >= 0.6 is 0 Å². The Labute approximate surface area is 114 Å². The molecule has 0 aliphatic heterocycles. The molecular formula is C14H19NO3S. The van der Waals surface area contributed by atoms with Gasteiger partial charge in [-0.3, -0.25) is 4.79 Å². The van der Waals surface area contributed by atoms with Crippen molar-refractivity contribution in [2.45, 2.75) is 37.5 Å². The average molecular weight is 281 g/mol. The third-order valence-electron chi connectivity index (χ3n) is 2.68. The van der Waals surface area contributed by atoms with Crippen molar-refractivity contribution in [1.82, 2.24) is 0 Å². The third-order valence-corrected chi connectivity index (χ3v) is 4.18. The minimum absolute atomic E-state index is 0.138. The van der Waals surface area contributed by atoms with Crippen LogP contribution in [0.25, 0.3) is 0 Å². The molecule has 19 heavy (non-hydrogen) atoms. The predicted octanol–water partition coefficient (Wildman–Crippen LogP) is 2.41. The summed E-state index contributed by atoms with van der Waals surface area (Å²) in [7, 11) is -3.64. The summed E-state index contributed by atoms with van der Waals surface area (Å²) in [5.74, 6) is -0.312. The molecule has 0 unspecified atom stereocenters. The van der Waals surface area contributed by atoms with Gasteiger partial charge >= 0.3 is 0 Å². The third kappa shape index (κ3) is 4.87. The number of nitrogens with two attached hydrogens (primary N) is 1. The van der Waals surface area contributed by atoms with E-state index in [9.17, 15) is 13.2 Å². The van der Waals surface area contributed by atoms with Crippen LogP contribution < -0.4 is 5.73 Å². The Morgan fingerprint density at radius 2 is 1.84 bits per heavy atom. The van der Waals surface area contributed by atoms with E-state index in [1.165, 1.54) is 12.1 Å². The Kier molecular flexibility index (Phi) is 5.76. The van der Waals surface area contributed by atoms with Gasteiger partial charge in [-0.1, -0.05) is 38.0 Å². The maximum Gasteiger partial charge on any atom is 0.201 e. The van der Waals surface area contributed by atoms with Crippen LogP contribution in [0.4, 0.5) is 0 Å². The van der Waals surface area contributed by atoms with Gasteiger partial charge in [-0.2, -0.15) is 0 Å². The van der Waals surface area contributed by atoms with Gasteiger partial charge in [-0.25, -0.2) is 8.42 Å². The summed E-state index contributed by atoms with van der Waals surface area (Å²) in [6.45, 7) is 2.03.